The predicted molar refractivity (Wildman–Crippen MR) is 88.8 cm³/mol. The van der Waals surface area contributed by atoms with Crippen molar-refractivity contribution in [1.82, 2.24) is 5.32 Å². The highest BCUT2D eigenvalue weighted by molar-refractivity contribution is 5.89. The van der Waals surface area contributed by atoms with E-state index in [1.807, 2.05) is 0 Å². The molecular weight excluding hydrogens is 311 g/mol. The van der Waals surface area contributed by atoms with Gasteiger partial charge in [0.2, 0.25) is 11.8 Å². The molecule has 2 rings (SSSR count). The Morgan fingerprint density at radius 3 is 2.62 bits per heavy atom. The van der Waals surface area contributed by atoms with Crippen LogP contribution in [0.4, 0.5) is 15.8 Å². The lowest BCUT2D eigenvalue weighted by molar-refractivity contribution is -0.121. The highest BCUT2D eigenvalue weighted by Crippen LogP contribution is 2.27. The molecule has 6 nitrogen and oxygen atoms in total. The summed E-state index contributed by atoms with van der Waals surface area (Å²) in [6.07, 6.45) is 4.17. The van der Waals surface area contributed by atoms with Crippen LogP contribution in [0.5, 0.6) is 0 Å². The Morgan fingerprint density at radius 2 is 2.00 bits per heavy atom. The second-order valence-corrected chi connectivity index (χ2v) is 6.03. The summed E-state index contributed by atoms with van der Waals surface area (Å²) in [5, 5.41) is 17.4. The number of anilines is 2. The van der Waals surface area contributed by atoms with Crippen LogP contribution in [0, 0.1) is 17.1 Å². The molecule has 0 aromatic heterocycles. The van der Waals surface area contributed by atoms with Crippen molar-refractivity contribution in [2.45, 2.75) is 44.6 Å². The summed E-state index contributed by atoms with van der Waals surface area (Å²) in [4.78, 5) is 23.2. The van der Waals surface area contributed by atoms with Crippen LogP contribution in [-0.2, 0) is 9.59 Å². The van der Waals surface area contributed by atoms with E-state index < -0.39 is 11.4 Å². The summed E-state index contributed by atoms with van der Waals surface area (Å²) < 4.78 is 13.8. The van der Waals surface area contributed by atoms with Crippen molar-refractivity contribution in [1.29, 1.82) is 5.26 Å². The molecule has 1 aromatic rings. The van der Waals surface area contributed by atoms with Gasteiger partial charge in [0, 0.05) is 12.6 Å². The largest absolute Gasteiger partial charge is 0.374 e. The third kappa shape index (κ3) is 4.69. The molecule has 128 valence electrons. The Hall–Kier alpha value is -2.62. The monoisotopic (exact) mass is 332 g/mol. The molecule has 0 unspecified atom stereocenters. The maximum Gasteiger partial charge on any atom is 0.240 e. The zero-order valence-corrected chi connectivity index (χ0v) is 13.6. The average molecular weight is 332 g/mol. The Morgan fingerprint density at radius 1 is 1.29 bits per heavy atom. The molecule has 0 heterocycles. The van der Waals surface area contributed by atoms with Crippen molar-refractivity contribution in [2.24, 2.45) is 0 Å². The van der Waals surface area contributed by atoms with E-state index in [1.165, 1.54) is 25.1 Å². The number of nitrogens with zero attached hydrogens (tertiary/aromatic N) is 1. The molecule has 1 saturated carbocycles. The van der Waals surface area contributed by atoms with Crippen LogP contribution in [0.25, 0.3) is 0 Å². The highest BCUT2D eigenvalue weighted by Gasteiger charge is 2.33. The lowest BCUT2D eigenvalue weighted by atomic mass is 9.83. The molecule has 1 fully saturated rings. The van der Waals surface area contributed by atoms with Crippen molar-refractivity contribution in [2.75, 3.05) is 17.2 Å². The summed E-state index contributed by atoms with van der Waals surface area (Å²) in [5.74, 6) is -1.15. The first-order chi connectivity index (χ1) is 11.4. The number of hydrogen-bond donors (Lipinski definition) is 3. The molecule has 2 amide bonds. The third-order valence-corrected chi connectivity index (χ3v) is 4.03. The summed E-state index contributed by atoms with van der Waals surface area (Å²) in [6, 6.07) is 6.28. The van der Waals surface area contributed by atoms with Crippen LogP contribution in [0.15, 0.2) is 18.2 Å². The zero-order valence-electron chi connectivity index (χ0n) is 13.6. The Kier molecular flexibility index (Phi) is 5.74. The molecular formula is C17H21FN4O2. The van der Waals surface area contributed by atoms with E-state index in [2.05, 4.69) is 22.0 Å². The van der Waals surface area contributed by atoms with Gasteiger partial charge in [-0.3, -0.25) is 9.59 Å². The average Bonchev–Trinajstić information content (AvgIpc) is 2.55. The van der Waals surface area contributed by atoms with Gasteiger partial charge in [0.1, 0.15) is 11.4 Å². The molecule has 3 N–H and O–H groups in total. The van der Waals surface area contributed by atoms with Gasteiger partial charge < -0.3 is 16.0 Å². The number of carbonyl (C=O) groups excluding carboxylic acids is 2. The normalized spacial score (nSPS) is 15.9. The Bertz CT molecular complexity index is 663. The number of nitriles is 1. The smallest absolute Gasteiger partial charge is 0.240 e. The second-order valence-electron chi connectivity index (χ2n) is 6.03. The molecule has 0 radical (unpaired) electrons. The predicted octanol–water partition coefficient (Wildman–Crippen LogP) is 2.54. The summed E-state index contributed by atoms with van der Waals surface area (Å²) in [5.41, 5.74) is -0.258. The van der Waals surface area contributed by atoms with Crippen LogP contribution in [-0.4, -0.2) is 23.9 Å². The minimum atomic E-state index is -0.812. The zero-order chi connectivity index (χ0) is 17.6. The van der Waals surface area contributed by atoms with Crippen molar-refractivity contribution in [3.8, 4) is 6.07 Å². The standard InChI is InChI=1S/C17H21FN4O2/c1-12(23)21-13-5-6-14(18)15(9-13)20-10-16(24)22-17(11-19)7-3-2-4-8-17/h5-6,9,20H,2-4,7-8,10H2,1H3,(H,21,23)(H,22,24). The third-order valence-electron chi connectivity index (χ3n) is 4.03. The number of nitrogens with one attached hydrogen (secondary N) is 3. The molecule has 1 aliphatic carbocycles. The van der Waals surface area contributed by atoms with Crippen LogP contribution >= 0.6 is 0 Å². The fourth-order valence-electron chi connectivity index (χ4n) is 2.85. The van der Waals surface area contributed by atoms with Gasteiger partial charge >= 0.3 is 0 Å². The molecule has 24 heavy (non-hydrogen) atoms. The number of halogens is 1. The number of rotatable bonds is 5. The van der Waals surface area contributed by atoms with Crippen molar-refractivity contribution < 1.29 is 14.0 Å². The number of carbonyl (C=O) groups is 2. The van der Waals surface area contributed by atoms with E-state index in [0.29, 0.717) is 18.5 Å². The maximum atomic E-state index is 13.8. The summed E-state index contributed by atoms with van der Waals surface area (Å²) >= 11 is 0. The van der Waals surface area contributed by atoms with Gasteiger partial charge in [-0.05, 0) is 31.0 Å². The van der Waals surface area contributed by atoms with Crippen LogP contribution in [0.1, 0.15) is 39.0 Å². The van der Waals surface area contributed by atoms with Gasteiger partial charge in [-0.15, -0.1) is 0 Å². The summed E-state index contributed by atoms with van der Waals surface area (Å²) in [6.45, 7) is 1.21. The van der Waals surface area contributed by atoms with E-state index in [-0.39, 0.29) is 24.0 Å². The van der Waals surface area contributed by atoms with E-state index in [1.54, 1.807) is 0 Å². The Balaban J connectivity index is 1.96. The number of amides is 2. The van der Waals surface area contributed by atoms with Crippen LogP contribution < -0.4 is 16.0 Å². The van der Waals surface area contributed by atoms with Gasteiger partial charge in [0.05, 0.1) is 18.3 Å². The molecule has 0 spiro atoms. The lowest BCUT2D eigenvalue weighted by Gasteiger charge is -2.31. The van der Waals surface area contributed by atoms with Gasteiger partial charge in [0.15, 0.2) is 0 Å². The molecule has 1 aromatic carbocycles. The molecule has 0 aliphatic heterocycles. The fraction of sp³-hybridized carbons (Fsp3) is 0.471. The van der Waals surface area contributed by atoms with Crippen molar-refractivity contribution >= 4 is 23.2 Å². The highest BCUT2D eigenvalue weighted by atomic mass is 19.1. The van der Waals surface area contributed by atoms with Crippen LogP contribution in [0.2, 0.25) is 0 Å². The maximum absolute atomic E-state index is 13.8. The van der Waals surface area contributed by atoms with Gasteiger partial charge in [-0.2, -0.15) is 5.26 Å². The van der Waals surface area contributed by atoms with Gasteiger partial charge in [-0.1, -0.05) is 19.3 Å². The van der Waals surface area contributed by atoms with Crippen molar-refractivity contribution in [3.05, 3.63) is 24.0 Å². The Labute approximate surface area is 140 Å². The minimum absolute atomic E-state index is 0.117. The van der Waals surface area contributed by atoms with E-state index in [0.717, 1.165) is 19.3 Å². The van der Waals surface area contributed by atoms with Gasteiger partial charge in [-0.25, -0.2) is 4.39 Å². The first-order valence-electron chi connectivity index (χ1n) is 7.97. The lowest BCUT2D eigenvalue weighted by Crippen LogP contribution is -2.50. The van der Waals surface area contributed by atoms with E-state index in [4.69, 9.17) is 0 Å². The first kappa shape index (κ1) is 17.7. The van der Waals surface area contributed by atoms with E-state index in [9.17, 15) is 19.2 Å². The van der Waals surface area contributed by atoms with Gasteiger partial charge in [0.25, 0.3) is 0 Å². The quantitative estimate of drug-likeness (QED) is 0.772. The number of hydrogen-bond acceptors (Lipinski definition) is 4. The van der Waals surface area contributed by atoms with Crippen molar-refractivity contribution in [3.63, 3.8) is 0 Å². The molecule has 0 saturated heterocycles. The molecule has 7 heteroatoms. The van der Waals surface area contributed by atoms with E-state index >= 15 is 0 Å². The topological polar surface area (TPSA) is 94.0 Å². The molecule has 0 atom stereocenters. The molecule has 1 aliphatic rings. The number of benzene rings is 1. The minimum Gasteiger partial charge on any atom is -0.374 e. The second kappa shape index (κ2) is 7.77. The van der Waals surface area contributed by atoms with Crippen LogP contribution in [0.3, 0.4) is 0 Å². The molecule has 0 bridgehead atoms. The first-order valence-corrected chi connectivity index (χ1v) is 7.97. The summed E-state index contributed by atoms with van der Waals surface area (Å²) in [7, 11) is 0. The SMILES string of the molecule is CC(=O)Nc1ccc(F)c(NCC(=O)NC2(C#N)CCCCC2)c1. The fourth-order valence-corrected chi connectivity index (χ4v) is 2.85.